The summed E-state index contributed by atoms with van der Waals surface area (Å²) in [5.74, 6) is -18.5. The Kier molecular flexibility index (Phi) is 11.8. The summed E-state index contributed by atoms with van der Waals surface area (Å²) >= 11 is 0. The van der Waals surface area contributed by atoms with Crippen LogP contribution in [0.15, 0.2) is 146 Å². The highest BCUT2D eigenvalue weighted by molar-refractivity contribution is 5.94. The summed E-state index contributed by atoms with van der Waals surface area (Å²) in [5.41, 5.74) is 2.13. The average Bonchev–Trinajstić information content (AvgIpc) is 3.66. The number of morpholine rings is 1. The number of ether oxygens (including phenoxy) is 1. The highest BCUT2D eigenvalue weighted by Gasteiger charge is 2.30. The molecular formula is C62H34F12NO+. The van der Waals surface area contributed by atoms with Gasteiger partial charge in [0.2, 0.25) is 0 Å². The summed E-state index contributed by atoms with van der Waals surface area (Å²) < 4.78 is 182. The van der Waals surface area contributed by atoms with Crippen molar-refractivity contribution in [3.63, 3.8) is 0 Å². The van der Waals surface area contributed by atoms with Crippen LogP contribution in [0.3, 0.4) is 0 Å². The van der Waals surface area contributed by atoms with Crippen LogP contribution < -0.4 is 10.4 Å². The molecule has 10 aromatic carbocycles. The first-order valence-electron chi connectivity index (χ1n) is 23.7. The highest BCUT2D eigenvalue weighted by Crippen LogP contribution is 2.39. The second kappa shape index (κ2) is 18.4. The molecule has 0 amide bonds. The first kappa shape index (κ1) is 48.5. The Hall–Kier alpha value is -8.46. The minimum absolute atomic E-state index is 0.0912. The predicted octanol–water partition coefficient (Wildman–Crippen LogP) is 15.3. The fourth-order valence-electron chi connectivity index (χ4n) is 10.6. The van der Waals surface area contributed by atoms with Gasteiger partial charge in [-0.05, 0) is 191 Å². The lowest BCUT2D eigenvalue weighted by molar-refractivity contribution is -0.782. The van der Waals surface area contributed by atoms with Crippen LogP contribution in [-0.4, -0.2) is 30.8 Å². The Labute approximate surface area is 423 Å². The Morgan fingerprint density at radius 2 is 0.697 bits per heavy atom. The Balaban J connectivity index is 1.16. The van der Waals surface area contributed by atoms with E-state index in [2.05, 4.69) is 12.4 Å². The van der Waals surface area contributed by atoms with Crippen molar-refractivity contribution in [2.24, 2.45) is 0 Å². The van der Waals surface area contributed by atoms with Crippen molar-refractivity contribution >= 4 is 33.9 Å². The first-order chi connectivity index (χ1) is 36.5. The lowest BCUT2D eigenvalue weighted by Crippen LogP contribution is -2.48. The molecule has 0 unspecified atom stereocenters. The molecule has 2 nitrogen and oxygen atoms in total. The van der Waals surface area contributed by atoms with Gasteiger partial charge in [-0.2, -0.15) is 0 Å². The molecule has 2 heterocycles. The molecule has 0 atom stereocenters. The van der Waals surface area contributed by atoms with Crippen molar-refractivity contribution < 1.29 is 61.9 Å². The van der Waals surface area contributed by atoms with Gasteiger partial charge in [0.15, 0.2) is 69.8 Å². The van der Waals surface area contributed by atoms with E-state index in [-0.39, 0.29) is 49.0 Å². The zero-order valence-corrected chi connectivity index (χ0v) is 39.2. The Morgan fingerprint density at radius 1 is 0.316 bits per heavy atom. The summed E-state index contributed by atoms with van der Waals surface area (Å²) in [6.45, 7) is 1.77. The summed E-state index contributed by atoms with van der Waals surface area (Å²) in [6, 6.07) is 34.5. The van der Waals surface area contributed by atoms with E-state index in [4.69, 9.17) is 4.74 Å². The Bertz CT molecular complexity index is 4140. The molecule has 1 spiro atoms. The minimum Gasteiger partial charge on any atom is -0.370 e. The summed E-state index contributed by atoms with van der Waals surface area (Å²) in [4.78, 5) is 0. The van der Waals surface area contributed by atoms with Gasteiger partial charge in [-0.3, -0.25) is 4.48 Å². The molecule has 2 aliphatic heterocycles. The molecule has 0 aromatic heterocycles. The van der Waals surface area contributed by atoms with Crippen molar-refractivity contribution in [1.29, 1.82) is 0 Å². The van der Waals surface area contributed by atoms with Gasteiger partial charge in [-0.15, -0.1) is 0 Å². The number of hydrogen-bond acceptors (Lipinski definition) is 1. The van der Waals surface area contributed by atoms with E-state index >= 15 is 0 Å². The number of rotatable bonds is 6. The van der Waals surface area contributed by atoms with E-state index in [1.807, 2.05) is 54.6 Å². The van der Waals surface area contributed by atoms with Crippen LogP contribution in [0.25, 0.3) is 101 Å². The second-order valence-electron chi connectivity index (χ2n) is 18.9. The molecule has 0 bridgehead atoms. The number of fused-ring (bicyclic) bond motifs is 6. The van der Waals surface area contributed by atoms with Gasteiger partial charge >= 0.3 is 0 Å². The van der Waals surface area contributed by atoms with Crippen LogP contribution in [0.5, 0.6) is 0 Å². The minimum atomic E-state index is -1.69. The largest absolute Gasteiger partial charge is 0.370 e. The number of halogens is 12. The molecule has 0 N–H and O–H groups in total. The van der Waals surface area contributed by atoms with Gasteiger partial charge in [0.25, 0.3) is 0 Å². The van der Waals surface area contributed by atoms with Gasteiger partial charge in [0, 0.05) is 20.9 Å². The first-order valence-corrected chi connectivity index (χ1v) is 23.7. The molecule has 76 heavy (non-hydrogen) atoms. The van der Waals surface area contributed by atoms with E-state index in [9.17, 15) is 52.7 Å². The molecule has 14 heteroatoms. The zero-order valence-electron chi connectivity index (χ0n) is 39.2. The number of benzene rings is 10. The molecule has 2 aliphatic rings. The molecule has 1 saturated heterocycles. The maximum Gasteiger partial charge on any atom is 0.194 e. The average molecular weight is 1040 g/mol. The Morgan fingerprint density at radius 3 is 1.16 bits per heavy atom. The summed E-state index contributed by atoms with van der Waals surface area (Å²) in [6.07, 6.45) is 4.24. The summed E-state index contributed by atoms with van der Waals surface area (Å²) in [7, 11) is 0. The van der Waals surface area contributed by atoms with Crippen molar-refractivity contribution in [1.82, 2.24) is 0 Å². The van der Waals surface area contributed by atoms with E-state index in [0.29, 0.717) is 59.2 Å². The van der Waals surface area contributed by atoms with Crippen LogP contribution in [-0.2, 0) is 4.74 Å². The van der Waals surface area contributed by atoms with Crippen LogP contribution in [0.2, 0.25) is 0 Å². The number of hydrogen-bond donors (Lipinski definition) is 0. The van der Waals surface area contributed by atoms with E-state index < -0.39 is 69.8 Å². The van der Waals surface area contributed by atoms with E-state index in [1.165, 1.54) is 12.1 Å². The highest BCUT2D eigenvalue weighted by atomic mass is 19.2. The molecule has 10 aromatic rings. The van der Waals surface area contributed by atoms with E-state index in [1.54, 1.807) is 30.3 Å². The lowest BCUT2D eigenvalue weighted by Gasteiger charge is -2.34. The molecule has 0 aliphatic carbocycles. The van der Waals surface area contributed by atoms with E-state index in [0.717, 1.165) is 80.3 Å². The molecule has 1 fully saturated rings. The fraction of sp³-hybridized carbons (Fsp3) is 0.0645. The third-order valence-electron chi connectivity index (χ3n) is 14.3. The van der Waals surface area contributed by atoms with Crippen molar-refractivity contribution in [2.45, 2.75) is 0 Å². The van der Waals surface area contributed by atoms with Crippen molar-refractivity contribution in [2.75, 3.05) is 26.3 Å². The van der Waals surface area contributed by atoms with Gasteiger partial charge in [-0.1, -0.05) is 42.5 Å². The third-order valence-corrected chi connectivity index (χ3v) is 14.3. The monoisotopic (exact) mass is 1040 g/mol. The summed E-state index contributed by atoms with van der Waals surface area (Å²) in [5, 5.41) is 6.05. The molecule has 0 saturated carbocycles. The van der Waals surface area contributed by atoms with Gasteiger partial charge in [-0.25, -0.2) is 52.7 Å². The van der Waals surface area contributed by atoms with Crippen LogP contribution in [0.1, 0.15) is 0 Å². The standard InChI is InChI=1S/C62H34F12NO/c63-49-21-40(22-50(64)59(49)71)36-14-35(15-37(16-36)41-23-51(65)60(72)52(66)24-41)31-7-8-46-33(13-31)5-6-34-29-75(9-11-76-12-10-75)30-48-47(20-32-3-1-2-4-45(32)58(48)57(34)46)44-18-38(42-25-53(67)61(73)54(68)26-42)17-39(19-44)43-27-55(69)62(74)56(70)28-43/h1-8,13-30H,9-12H2/q+1. The van der Waals surface area contributed by atoms with Gasteiger partial charge in [0.05, 0.1) is 13.2 Å². The quantitative estimate of drug-likeness (QED) is 0.0916. The molecule has 0 radical (unpaired) electrons. The predicted molar refractivity (Wildman–Crippen MR) is 267 cm³/mol. The zero-order chi connectivity index (χ0) is 52.9. The van der Waals surface area contributed by atoms with Crippen molar-refractivity contribution in [3.8, 4) is 66.8 Å². The smallest absolute Gasteiger partial charge is 0.194 e. The maximum absolute atomic E-state index is 15.0. The molecular weight excluding hydrogens is 1000 g/mol. The van der Waals surface area contributed by atoms with Gasteiger partial charge < -0.3 is 4.74 Å². The van der Waals surface area contributed by atoms with Crippen LogP contribution in [0, 0.1) is 80.2 Å². The van der Waals surface area contributed by atoms with Gasteiger partial charge in [0.1, 0.15) is 25.5 Å². The van der Waals surface area contributed by atoms with Crippen molar-refractivity contribution in [3.05, 3.63) is 236 Å². The topological polar surface area (TPSA) is 9.23 Å². The second-order valence-corrected chi connectivity index (χ2v) is 18.9. The van der Waals surface area contributed by atoms with Crippen LogP contribution in [0.4, 0.5) is 52.7 Å². The third kappa shape index (κ3) is 8.38. The van der Waals surface area contributed by atoms with Crippen LogP contribution >= 0.6 is 0 Å². The normalized spacial score (nSPS) is 13.8. The number of nitrogens with zero attached hydrogens (tertiary/aromatic N) is 1. The molecule has 12 rings (SSSR count). The maximum atomic E-state index is 15.0. The SMILES string of the molecule is Fc1cc(-c2cc(-c3cc(F)c(F)c(F)c3)cc(-c3ccc4c5c(ccc4c3)=C[N+]3(C=c4c(-c6cc(-c7cc(F)c(F)c(F)c7)cc(-c7cc(F)c(F)c(F)c7)c6)cc6ccccc6c4=5)CCOCC3)c2)cc(F)c1F. The fourth-order valence-corrected chi connectivity index (χ4v) is 10.6. The lowest BCUT2D eigenvalue weighted by atomic mass is 9.89. The number of quaternary nitrogens is 1. The molecule has 376 valence electrons.